The summed E-state index contributed by atoms with van der Waals surface area (Å²) in [5, 5.41) is 12.1. The summed E-state index contributed by atoms with van der Waals surface area (Å²) in [6.45, 7) is 0.689. The molecule has 1 heterocycles. The highest BCUT2D eigenvalue weighted by molar-refractivity contribution is 5.94. The minimum absolute atomic E-state index is 0.0422. The molecule has 0 unspecified atom stereocenters. The van der Waals surface area contributed by atoms with Crippen molar-refractivity contribution in [1.82, 2.24) is 10.1 Å². The summed E-state index contributed by atoms with van der Waals surface area (Å²) in [4.78, 5) is 23.8. The Balaban J connectivity index is 2.03. The van der Waals surface area contributed by atoms with Gasteiger partial charge in [0.1, 0.15) is 0 Å². The van der Waals surface area contributed by atoms with Crippen molar-refractivity contribution in [2.45, 2.75) is 12.8 Å². The molecule has 0 aliphatic heterocycles. The highest BCUT2D eigenvalue weighted by Crippen LogP contribution is 2.29. The van der Waals surface area contributed by atoms with Gasteiger partial charge in [0.05, 0.1) is 0 Å². The first-order chi connectivity index (χ1) is 7.58. The number of carboxylic acid groups (broad SMARTS) is 1. The van der Waals surface area contributed by atoms with Crippen LogP contribution in [-0.2, 0) is 0 Å². The maximum atomic E-state index is 11.8. The van der Waals surface area contributed by atoms with E-state index in [-0.39, 0.29) is 17.4 Å². The van der Waals surface area contributed by atoms with Gasteiger partial charge in [-0.3, -0.25) is 4.79 Å². The van der Waals surface area contributed by atoms with Crippen LogP contribution in [0.2, 0.25) is 0 Å². The summed E-state index contributed by atoms with van der Waals surface area (Å²) in [6, 6.07) is 1.15. The molecule has 2 rings (SSSR count). The van der Waals surface area contributed by atoms with Gasteiger partial charge in [0.25, 0.3) is 5.91 Å². The molecular formula is C10H12N2O4. The lowest BCUT2D eigenvalue weighted by atomic mass is 10.3. The maximum absolute atomic E-state index is 11.8. The van der Waals surface area contributed by atoms with E-state index >= 15 is 0 Å². The van der Waals surface area contributed by atoms with Gasteiger partial charge < -0.3 is 14.5 Å². The minimum atomic E-state index is -1.23. The Morgan fingerprint density at radius 3 is 2.81 bits per heavy atom. The van der Waals surface area contributed by atoms with Crippen LogP contribution in [0, 0.1) is 5.92 Å². The molecule has 1 N–H and O–H groups in total. The van der Waals surface area contributed by atoms with Crippen molar-refractivity contribution in [2.75, 3.05) is 13.6 Å². The van der Waals surface area contributed by atoms with Crippen LogP contribution in [0.25, 0.3) is 0 Å². The number of aromatic carboxylic acids is 1. The number of rotatable bonds is 4. The van der Waals surface area contributed by atoms with E-state index in [1.807, 2.05) is 0 Å². The molecule has 86 valence electrons. The number of amides is 1. The van der Waals surface area contributed by atoms with E-state index in [1.165, 1.54) is 0 Å². The van der Waals surface area contributed by atoms with Crippen LogP contribution in [0.1, 0.15) is 33.9 Å². The Labute approximate surface area is 91.8 Å². The van der Waals surface area contributed by atoms with Crippen LogP contribution in [0.15, 0.2) is 10.6 Å². The zero-order valence-electron chi connectivity index (χ0n) is 8.84. The van der Waals surface area contributed by atoms with Gasteiger partial charge in [-0.1, -0.05) is 5.16 Å². The molecule has 0 radical (unpaired) electrons. The fourth-order valence-electron chi connectivity index (χ4n) is 1.44. The molecule has 0 spiro atoms. The summed E-state index contributed by atoms with van der Waals surface area (Å²) in [7, 11) is 1.68. The normalized spacial score (nSPS) is 14.8. The number of hydrogen-bond donors (Lipinski definition) is 1. The van der Waals surface area contributed by atoms with Crippen LogP contribution in [0.5, 0.6) is 0 Å². The van der Waals surface area contributed by atoms with Crippen LogP contribution in [0.3, 0.4) is 0 Å². The number of hydrogen-bond acceptors (Lipinski definition) is 4. The quantitative estimate of drug-likeness (QED) is 0.819. The second-order valence-electron chi connectivity index (χ2n) is 4.01. The molecule has 1 aromatic rings. The minimum Gasteiger partial charge on any atom is -0.475 e. The monoisotopic (exact) mass is 224 g/mol. The van der Waals surface area contributed by atoms with E-state index in [2.05, 4.69) is 9.68 Å². The van der Waals surface area contributed by atoms with Crippen molar-refractivity contribution in [3.8, 4) is 0 Å². The highest BCUT2D eigenvalue weighted by Gasteiger charge is 2.26. The van der Waals surface area contributed by atoms with Crippen molar-refractivity contribution >= 4 is 11.9 Å². The first kappa shape index (κ1) is 10.7. The van der Waals surface area contributed by atoms with E-state index in [0.717, 1.165) is 18.9 Å². The molecule has 6 heteroatoms. The third kappa shape index (κ3) is 2.21. The Bertz CT molecular complexity index is 422. The summed E-state index contributed by atoms with van der Waals surface area (Å²) in [6.07, 6.45) is 2.30. The van der Waals surface area contributed by atoms with Gasteiger partial charge in [0.2, 0.25) is 5.76 Å². The molecule has 1 aliphatic rings. The second kappa shape index (κ2) is 3.96. The molecule has 0 aromatic carbocycles. The van der Waals surface area contributed by atoms with Gasteiger partial charge >= 0.3 is 5.97 Å². The van der Waals surface area contributed by atoms with Gasteiger partial charge in [-0.05, 0) is 18.8 Å². The van der Waals surface area contributed by atoms with E-state index in [9.17, 15) is 9.59 Å². The molecule has 0 saturated heterocycles. The number of carboxylic acids is 1. The molecule has 1 saturated carbocycles. The second-order valence-corrected chi connectivity index (χ2v) is 4.01. The van der Waals surface area contributed by atoms with E-state index in [0.29, 0.717) is 12.5 Å². The zero-order valence-corrected chi connectivity index (χ0v) is 8.84. The van der Waals surface area contributed by atoms with Gasteiger partial charge in [-0.2, -0.15) is 0 Å². The van der Waals surface area contributed by atoms with Crippen LogP contribution in [-0.4, -0.2) is 40.6 Å². The van der Waals surface area contributed by atoms with E-state index in [1.54, 1.807) is 11.9 Å². The average molecular weight is 224 g/mol. The lowest BCUT2D eigenvalue weighted by molar-refractivity contribution is 0.0649. The van der Waals surface area contributed by atoms with Gasteiger partial charge in [-0.15, -0.1) is 0 Å². The lowest BCUT2D eigenvalue weighted by Crippen LogP contribution is -2.28. The van der Waals surface area contributed by atoms with Crippen molar-refractivity contribution in [2.24, 2.45) is 5.92 Å². The fraction of sp³-hybridized carbons (Fsp3) is 0.500. The zero-order chi connectivity index (χ0) is 11.7. The fourth-order valence-corrected chi connectivity index (χ4v) is 1.44. The van der Waals surface area contributed by atoms with Crippen molar-refractivity contribution < 1.29 is 19.2 Å². The lowest BCUT2D eigenvalue weighted by Gasteiger charge is -2.14. The summed E-state index contributed by atoms with van der Waals surface area (Å²) < 4.78 is 4.52. The Morgan fingerprint density at radius 1 is 1.62 bits per heavy atom. The van der Waals surface area contributed by atoms with Crippen LogP contribution in [0.4, 0.5) is 0 Å². The molecule has 6 nitrogen and oxygen atoms in total. The van der Waals surface area contributed by atoms with Crippen LogP contribution < -0.4 is 0 Å². The molecular weight excluding hydrogens is 212 g/mol. The Morgan fingerprint density at radius 2 is 2.31 bits per heavy atom. The Kier molecular flexibility index (Phi) is 2.64. The Hall–Kier alpha value is -1.85. The molecule has 0 bridgehead atoms. The average Bonchev–Trinajstić information content (AvgIpc) is 2.91. The predicted molar refractivity (Wildman–Crippen MR) is 53.1 cm³/mol. The van der Waals surface area contributed by atoms with E-state index < -0.39 is 5.97 Å². The van der Waals surface area contributed by atoms with Gasteiger partial charge in [0, 0.05) is 19.7 Å². The van der Waals surface area contributed by atoms with Crippen molar-refractivity contribution in [1.29, 1.82) is 0 Å². The topological polar surface area (TPSA) is 83.6 Å². The first-order valence-electron chi connectivity index (χ1n) is 5.03. The molecule has 0 atom stereocenters. The smallest absolute Gasteiger partial charge is 0.374 e. The van der Waals surface area contributed by atoms with Gasteiger partial charge in [-0.25, -0.2) is 4.79 Å². The van der Waals surface area contributed by atoms with E-state index in [4.69, 9.17) is 5.11 Å². The summed E-state index contributed by atoms with van der Waals surface area (Å²) in [5.74, 6) is -1.26. The standard InChI is InChI=1S/C10H12N2O4/c1-12(5-6-2-3-6)9(13)7-4-8(10(14)15)16-11-7/h4,6H,2-3,5H2,1H3,(H,14,15). The number of carbonyl (C=O) groups excluding carboxylic acids is 1. The van der Waals surface area contributed by atoms with Crippen LogP contribution >= 0.6 is 0 Å². The molecule has 16 heavy (non-hydrogen) atoms. The molecule has 1 fully saturated rings. The number of nitrogens with zero attached hydrogens (tertiary/aromatic N) is 2. The summed E-state index contributed by atoms with van der Waals surface area (Å²) in [5.41, 5.74) is 0.0422. The predicted octanol–water partition coefficient (Wildman–Crippen LogP) is 0.855. The number of carbonyl (C=O) groups is 2. The third-order valence-corrected chi connectivity index (χ3v) is 2.52. The maximum Gasteiger partial charge on any atom is 0.374 e. The summed E-state index contributed by atoms with van der Waals surface area (Å²) >= 11 is 0. The molecule has 1 aromatic heterocycles. The van der Waals surface area contributed by atoms with Gasteiger partial charge in [0.15, 0.2) is 5.69 Å². The molecule has 1 aliphatic carbocycles. The number of aromatic nitrogens is 1. The van der Waals surface area contributed by atoms with Crippen molar-refractivity contribution in [3.63, 3.8) is 0 Å². The molecule has 1 amide bonds. The SMILES string of the molecule is CN(CC1CC1)C(=O)c1cc(C(=O)O)on1. The highest BCUT2D eigenvalue weighted by atomic mass is 16.5. The van der Waals surface area contributed by atoms with Crippen molar-refractivity contribution in [3.05, 3.63) is 17.5 Å². The first-order valence-corrected chi connectivity index (χ1v) is 5.03. The largest absolute Gasteiger partial charge is 0.475 e. The third-order valence-electron chi connectivity index (χ3n) is 2.52.